The molecule has 1 aliphatic carbocycles. The SMILES string of the molecule is CN(C)CCCN(C(=O)C1CCOCC1)c1ccc2cc(-c3n[nH]c4c3CCC(C)(C)C4)[nH]c2c1. The van der Waals surface area contributed by atoms with Gasteiger partial charge >= 0.3 is 0 Å². The molecule has 3 heterocycles. The van der Waals surface area contributed by atoms with Crippen LogP contribution >= 0.6 is 0 Å². The molecular formula is C28H39N5O2. The molecule has 5 rings (SSSR count). The van der Waals surface area contributed by atoms with E-state index in [0.717, 1.165) is 73.2 Å². The number of H-pyrrole nitrogens is 2. The number of aromatic amines is 2. The number of hydrogen-bond donors (Lipinski definition) is 2. The van der Waals surface area contributed by atoms with Gasteiger partial charge in [-0.1, -0.05) is 19.9 Å². The summed E-state index contributed by atoms with van der Waals surface area (Å²) in [5.41, 5.74) is 7.02. The molecule has 2 N–H and O–H groups in total. The molecule has 3 aromatic rings. The van der Waals surface area contributed by atoms with Crippen molar-refractivity contribution in [3.8, 4) is 11.4 Å². The lowest BCUT2D eigenvalue weighted by Gasteiger charge is -2.30. The van der Waals surface area contributed by atoms with Crippen LogP contribution in [0.2, 0.25) is 0 Å². The number of rotatable bonds is 7. The van der Waals surface area contributed by atoms with Crippen molar-refractivity contribution in [2.45, 2.75) is 52.4 Å². The second kappa shape index (κ2) is 9.78. The van der Waals surface area contributed by atoms with Crippen molar-refractivity contribution in [1.82, 2.24) is 20.1 Å². The number of anilines is 1. The number of hydrogen-bond acceptors (Lipinski definition) is 4. The Balaban J connectivity index is 1.43. The molecule has 0 radical (unpaired) electrons. The Labute approximate surface area is 208 Å². The summed E-state index contributed by atoms with van der Waals surface area (Å²) in [6, 6.07) is 8.54. The van der Waals surface area contributed by atoms with Gasteiger partial charge in [-0.3, -0.25) is 9.89 Å². The van der Waals surface area contributed by atoms with Crippen molar-refractivity contribution in [2.75, 3.05) is 45.3 Å². The zero-order valence-electron chi connectivity index (χ0n) is 21.6. The molecule has 1 fully saturated rings. The topological polar surface area (TPSA) is 77.2 Å². The molecule has 2 aliphatic rings. The summed E-state index contributed by atoms with van der Waals surface area (Å²) < 4.78 is 5.50. The number of carbonyl (C=O) groups excluding carboxylic acids is 1. The highest BCUT2D eigenvalue weighted by Gasteiger charge is 2.30. The maximum atomic E-state index is 13.5. The number of nitrogens with one attached hydrogen (secondary N) is 2. The highest BCUT2D eigenvalue weighted by molar-refractivity contribution is 5.98. The monoisotopic (exact) mass is 477 g/mol. The van der Waals surface area contributed by atoms with E-state index in [-0.39, 0.29) is 11.8 Å². The molecule has 188 valence electrons. The van der Waals surface area contributed by atoms with Crippen molar-refractivity contribution in [1.29, 1.82) is 0 Å². The van der Waals surface area contributed by atoms with Gasteiger partial charge in [0.25, 0.3) is 0 Å². The van der Waals surface area contributed by atoms with Crippen molar-refractivity contribution in [2.24, 2.45) is 11.3 Å². The van der Waals surface area contributed by atoms with E-state index in [9.17, 15) is 4.79 Å². The minimum Gasteiger partial charge on any atom is -0.381 e. The lowest BCUT2D eigenvalue weighted by Crippen LogP contribution is -2.40. The van der Waals surface area contributed by atoms with Gasteiger partial charge in [0, 0.05) is 53.5 Å². The van der Waals surface area contributed by atoms with E-state index in [0.29, 0.717) is 18.6 Å². The maximum absolute atomic E-state index is 13.5. The van der Waals surface area contributed by atoms with Crippen LogP contribution in [0.4, 0.5) is 5.69 Å². The molecule has 0 spiro atoms. The van der Waals surface area contributed by atoms with E-state index >= 15 is 0 Å². The fraction of sp³-hybridized carbons (Fsp3) is 0.571. The van der Waals surface area contributed by atoms with Crippen LogP contribution in [0.1, 0.15) is 50.8 Å². The van der Waals surface area contributed by atoms with E-state index in [2.05, 4.69) is 67.2 Å². The summed E-state index contributed by atoms with van der Waals surface area (Å²) in [6.45, 7) is 7.67. The first-order valence-electron chi connectivity index (χ1n) is 13.0. The molecule has 0 saturated carbocycles. The predicted molar refractivity (Wildman–Crippen MR) is 141 cm³/mol. The van der Waals surface area contributed by atoms with Crippen LogP contribution in [-0.2, 0) is 22.4 Å². The Morgan fingerprint density at radius 1 is 1.17 bits per heavy atom. The van der Waals surface area contributed by atoms with Crippen molar-refractivity contribution < 1.29 is 9.53 Å². The van der Waals surface area contributed by atoms with Crippen LogP contribution in [-0.4, -0.2) is 66.4 Å². The quantitative estimate of drug-likeness (QED) is 0.513. The molecule has 0 bridgehead atoms. The first-order chi connectivity index (χ1) is 16.8. The molecule has 1 aliphatic heterocycles. The Kier molecular flexibility index (Phi) is 6.73. The van der Waals surface area contributed by atoms with Crippen molar-refractivity contribution >= 4 is 22.5 Å². The lowest BCUT2D eigenvalue weighted by molar-refractivity contribution is -0.125. The van der Waals surface area contributed by atoms with Crippen LogP contribution in [0.3, 0.4) is 0 Å². The molecule has 1 saturated heterocycles. The van der Waals surface area contributed by atoms with Gasteiger partial charge in [-0.25, -0.2) is 0 Å². The van der Waals surface area contributed by atoms with Gasteiger partial charge in [0.15, 0.2) is 0 Å². The van der Waals surface area contributed by atoms with E-state index in [1.807, 2.05) is 4.90 Å². The fourth-order valence-electron chi connectivity index (χ4n) is 5.56. The lowest BCUT2D eigenvalue weighted by atomic mass is 9.76. The number of aromatic nitrogens is 3. The average Bonchev–Trinajstić information content (AvgIpc) is 3.44. The van der Waals surface area contributed by atoms with E-state index in [1.165, 1.54) is 17.7 Å². The molecule has 7 heteroatoms. The smallest absolute Gasteiger partial charge is 0.230 e. The average molecular weight is 478 g/mol. The van der Waals surface area contributed by atoms with Crippen LogP contribution in [0.15, 0.2) is 24.3 Å². The number of fused-ring (bicyclic) bond motifs is 2. The highest BCUT2D eigenvalue weighted by atomic mass is 16.5. The van der Waals surface area contributed by atoms with Gasteiger partial charge in [-0.15, -0.1) is 0 Å². The Morgan fingerprint density at radius 2 is 1.97 bits per heavy atom. The second-order valence-corrected chi connectivity index (χ2v) is 11.4. The number of nitrogens with zero attached hydrogens (tertiary/aromatic N) is 3. The molecule has 1 aromatic carbocycles. The van der Waals surface area contributed by atoms with Crippen molar-refractivity contribution in [3.63, 3.8) is 0 Å². The number of benzene rings is 1. The summed E-state index contributed by atoms with van der Waals surface area (Å²) in [4.78, 5) is 21.3. The van der Waals surface area contributed by atoms with Crippen molar-refractivity contribution in [3.05, 3.63) is 35.5 Å². The minimum atomic E-state index is 0.0397. The van der Waals surface area contributed by atoms with Gasteiger partial charge in [-0.05, 0) is 82.8 Å². The highest BCUT2D eigenvalue weighted by Crippen LogP contribution is 2.38. The Morgan fingerprint density at radius 3 is 2.74 bits per heavy atom. The van der Waals surface area contributed by atoms with Gasteiger partial charge in [0.2, 0.25) is 5.91 Å². The van der Waals surface area contributed by atoms with Crippen LogP contribution in [0, 0.1) is 11.3 Å². The third-order valence-electron chi connectivity index (χ3n) is 7.66. The van der Waals surface area contributed by atoms with Gasteiger partial charge < -0.3 is 19.5 Å². The van der Waals surface area contributed by atoms with E-state index in [4.69, 9.17) is 9.84 Å². The van der Waals surface area contributed by atoms with Gasteiger partial charge in [0.1, 0.15) is 5.69 Å². The van der Waals surface area contributed by atoms with Crippen LogP contribution in [0.25, 0.3) is 22.3 Å². The second-order valence-electron chi connectivity index (χ2n) is 11.4. The molecule has 0 unspecified atom stereocenters. The standard InChI is InChI=1S/C28H39N5O2/c1-28(2)11-8-22-25(18-28)30-31-26(22)24-16-20-6-7-21(17-23(20)29-24)33(13-5-12-32(3)4)27(34)19-9-14-35-15-10-19/h6-7,16-17,19,29H,5,8-15,18H2,1-4H3,(H,30,31). The minimum absolute atomic E-state index is 0.0397. The molecule has 0 atom stereocenters. The summed E-state index contributed by atoms with van der Waals surface area (Å²) in [6.07, 6.45) is 5.81. The number of ether oxygens (including phenoxy) is 1. The van der Waals surface area contributed by atoms with Gasteiger partial charge in [-0.2, -0.15) is 5.10 Å². The summed E-state index contributed by atoms with van der Waals surface area (Å²) >= 11 is 0. The van der Waals surface area contributed by atoms with E-state index in [1.54, 1.807) is 0 Å². The van der Waals surface area contributed by atoms with Crippen LogP contribution < -0.4 is 4.90 Å². The largest absolute Gasteiger partial charge is 0.381 e. The molecular weight excluding hydrogens is 438 g/mol. The Bertz CT molecular complexity index is 1190. The molecule has 2 aromatic heterocycles. The maximum Gasteiger partial charge on any atom is 0.230 e. The molecule has 7 nitrogen and oxygen atoms in total. The number of amides is 1. The third-order valence-corrected chi connectivity index (χ3v) is 7.66. The number of carbonyl (C=O) groups is 1. The summed E-state index contributed by atoms with van der Waals surface area (Å²) in [7, 11) is 4.15. The summed E-state index contributed by atoms with van der Waals surface area (Å²) in [5, 5.41) is 9.14. The first kappa shape index (κ1) is 24.1. The van der Waals surface area contributed by atoms with E-state index < -0.39 is 0 Å². The normalized spacial score (nSPS) is 18.2. The first-order valence-corrected chi connectivity index (χ1v) is 13.0. The molecule has 1 amide bonds. The van der Waals surface area contributed by atoms with Gasteiger partial charge in [0.05, 0.1) is 5.69 Å². The Hall–Kier alpha value is -2.64. The predicted octanol–water partition coefficient (Wildman–Crippen LogP) is 4.78. The zero-order valence-corrected chi connectivity index (χ0v) is 21.6. The summed E-state index contributed by atoms with van der Waals surface area (Å²) in [5.74, 6) is 0.264. The fourth-order valence-corrected chi connectivity index (χ4v) is 5.56. The molecule has 35 heavy (non-hydrogen) atoms. The zero-order chi connectivity index (χ0) is 24.6. The third kappa shape index (κ3) is 5.16. The van der Waals surface area contributed by atoms with Crippen LogP contribution in [0.5, 0.6) is 0 Å².